The van der Waals surface area contributed by atoms with Gasteiger partial charge in [-0.05, 0) is 49.2 Å². The van der Waals surface area contributed by atoms with Crippen molar-refractivity contribution in [3.63, 3.8) is 0 Å². The van der Waals surface area contributed by atoms with Crippen LogP contribution in [0.4, 0.5) is 5.69 Å². The topological polar surface area (TPSA) is 63.2 Å². The van der Waals surface area contributed by atoms with Gasteiger partial charge in [0.1, 0.15) is 5.75 Å². The summed E-state index contributed by atoms with van der Waals surface area (Å²) in [6.07, 6.45) is 0. The number of amides is 1. The average Bonchev–Trinajstić information content (AvgIpc) is 2.44. The second kappa shape index (κ2) is 7.15. The molecule has 2 rings (SSSR count). The molecular weight excluding hydrogens is 334 g/mol. The van der Waals surface area contributed by atoms with E-state index in [4.69, 9.17) is 11.6 Å². The quantitative estimate of drug-likeness (QED) is 0.896. The second-order valence-corrected chi connectivity index (χ2v) is 8.02. The number of rotatable bonds is 5. The molecule has 23 heavy (non-hydrogen) atoms. The Morgan fingerprint density at radius 3 is 2.39 bits per heavy atom. The zero-order chi connectivity index (χ0) is 17.0. The van der Waals surface area contributed by atoms with E-state index in [0.717, 1.165) is 16.7 Å². The summed E-state index contributed by atoms with van der Waals surface area (Å²) in [5, 5.41) is 3.11. The Labute approximate surface area is 141 Å². The molecule has 0 fully saturated rings. The predicted molar refractivity (Wildman–Crippen MR) is 93.5 cm³/mol. The van der Waals surface area contributed by atoms with Crippen LogP contribution < -0.4 is 5.32 Å². The molecule has 0 heterocycles. The minimum Gasteiger partial charge on any atom is -0.325 e. The molecule has 0 radical (unpaired) electrons. The van der Waals surface area contributed by atoms with Crippen LogP contribution in [0.1, 0.15) is 16.7 Å². The van der Waals surface area contributed by atoms with E-state index in [1.54, 1.807) is 24.3 Å². The van der Waals surface area contributed by atoms with E-state index in [1.807, 2.05) is 32.0 Å². The Kier molecular flexibility index (Phi) is 5.44. The van der Waals surface area contributed by atoms with Crippen LogP contribution in [0.3, 0.4) is 0 Å². The summed E-state index contributed by atoms with van der Waals surface area (Å²) in [6, 6.07) is 12.1. The van der Waals surface area contributed by atoms with E-state index >= 15 is 0 Å². The third-order valence-electron chi connectivity index (χ3n) is 3.36. The van der Waals surface area contributed by atoms with Gasteiger partial charge in [0, 0.05) is 10.7 Å². The van der Waals surface area contributed by atoms with Crippen molar-refractivity contribution in [1.29, 1.82) is 0 Å². The van der Waals surface area contributed by atoms with Crippen molar-refractivity contribution < 1.29 is 13.2 Å². The molecule has 2 aromatic rings. The number of sulfone groups is 1. The van der Waals surface area contributed by atoms with Gasteiger partial charge in [0.2, 0.25) is 5.91 Å². The van der Waals surface area contributed by atoms with Crippen LogP contribution in [-0.4, -0.2) is 20.1 Å². The Bertz CT molecular complexity index is 814. The van der Waals surface area contributed by atoms with Crippen molar-refractivity contribution in [1.82, 2.24) is 0 Å². The molecular formula is C17H18ClNO3S. The molecule has 0 unspecified atom stereocenters. The molecule has 0 aliphatic rings. The summed E-state index contributed by atoms with van der Waals surface area (Å²) in [5.74, 6) is -1.25. The molecule has 0 spiro atoms. The lowest BCUT2D eigenvalue weighted by molar-refractivity contribution is -0.113. The Hall–Kier alpha value is -1.85. The molecule has 0 aliphatic heterocycles. The average molecular weight is 352 g/mol. The van der Waals surface area contributed by atoms with Crippen molar-refractivity contribution in [3.8, 4) is 0 Å². The van der Waals surface area contributed by atoms with Gasteiger partial charge < -0.3 is 5.32 Å². The van der Waals surface area contributed by atoms with Crippen LogP contribution in [0.25, 0.3) is 0 Å². The van der Waals surface area contributed by atoms with Crippen molar-refractivity contribution in [2.24, 2.45) is 0 Å². The lowest BCUT2D eigenvalue weighted by atomic mass is 10.1. The van der Waals surface area contributed by atoms with Crippen molar-refractivity contribution in [3.05, 3.63) is 64.2 Å². The van der Waals surface area contributed by atoms with Crippen molar-refractivity contribution >= 4 is 33.0 Å². The maximum absolute atomic E-state index is 12.2. The third kappa shape index (κ3) is 5.37. The first-order valence-corrected chi connectivity index (χ1v) is 9.27. The number of carbonyl (C=O) groups is 1. The fourth-order valence-corrected chi connectivity index (χ4v) is 3.66. The number of halogens is 1. The Morgan fingerprint density at radius 2 is 1.74 bits per heavy atom. The Balaban J connectivity index is 2.04. The van der Waals surface area contributed by atoms with Crippen LogP contribution in [0.15, 0.2) is 42.5 Å². The number of carbonyl (C=O) groups excluding carboxylic acids is 1. The fourth-order valence-electron chi connectivity index (χ4n) is 2.17. The van der Waals surface area contributed by atoms with E-state index in [-0.39, 0.29) is 5.75 Å². The zero-order valence-corrected chi connectivity index (χ0v) is 14.5. The largest absolute Gasteiger partial charge is 0.325 e. The molecule has 0 aromatic heterocycles. The third-order valence-corrected chi connectivity index (χ3v) is 5.06. The van der Waals surface area contributed by atoms with Gasteiger partial charge in [0.25, 0.3) is 0 Å². The molecule has 0 bridgehead atoms. The number of benzene rings is 2. The lowest BCUT2D eigenvalue weighted by Gasteiger charge is -2.09. The van der Waals surface area contributed by atoms with Crippen LogP contribution >= 0.6 is 11.6 Å². The normalized spacial score (nSPS) is 11.3. The summed E-state index contributed by atoms with van der Waals surface area (Å²) >= 11 is 5.76. The maximum atomic E-state index is 12.2. The van der Waals surface area contributed by atoms with E-state index in [2.05, 4.69) is 5.32 Å². The summed E-state index contributed by atoms with van der Waals surface area (Å²) < 4.78 is 24.5. The second-order valence-electron chi connectivity index (χ2n) is 5.52. The predicted octanol–water partition coefficient (Wildman–Crippen LogP) is 3.51. The number of aryl methyl sites for hydroxylation is 2. The molecule has 0 atom stereocenters. The van der Waals surface area contributed by atoms with E-state index in [9.17, 15) is 13.2 Å². The van der Waals surface area contributed by atoms with Gasteiger partial charge in [-0.25, -0.2) is 8.42 Å². The first kappa shape index (κ1) is 17.5. The van der Waals surface area contributed by atoms with Crippen LogP contribution in [0.2, 0.25) is 5.02 Å². The zero-order valence-electron chi connectivity index (χ0n) is 13.0. The van der Waals surface area contributed by atoms with Crippen molar-refractivity contribution in [2.75, 3.05) is 11.1 Å². The molecule has 6 heteroatoms. The van der Waals surface area contributed by atoms with Crippen LogP contribution in [0.5, 0.6) is 0 Å². The summed E-state index contributed by atoms with van der Waals surface area (Å²) in [6.45, 7) is 3.76. The molecule has 0 aliphatic carbocycles. The highest BCUT2D eigenvalue weighted by Crippen LogP contribution is 2.16. The summed E-state index contributed by atoms with van der Waals surface area (Å²) in [7, 11) is -3.54. The first-order chi connectivity index (χ1) is 10.7. The fraction of sp³-hybridized carbons (Fsp3) is 0.235. The van der Waals surface area contributed by atoms with Gasteiger partial charge in [-0.2, -0.15) is 0 Å². The summed E-state index contributed by atoms with van der Waals surface area (Å²) in [4.78, 5) is 11.9. The van der Waals surface area contributed by atoms with E-state index < -0.39 is 21.5 Å². The standard InChI is InChI=1S/C17H18ClNO3S/c1-12-3-4-13(2)14(9-12)10-23(21,22)11-17(20)19-16-7-5-15(18)6-8-16/h3-9H,10-11H2,1-2H3,(H,19,20). The van der Waals surface area contributed by atoms with Gasteiger partial charge in [-0.3, -0.25) is 4.79 Å². The van der Waals surface area contributed by atoms with E-state index in [1.165, 1.54) is 0 Å². The number of hydrogen-bond acceptors (Lipinski definition) is 3. The molecule has 1 amide bonds. The highest BCUT2D eigenvalue weighted by Gasteiger charge is 2.18. The molecule has 1 N–H and O–H groups in total. The van der Waals surface area contributed by atoms with Gasteiger partial charge >= 0.3 is 0 Å². The van der Waals surface area contributed by atoms with E-state index in [0.29, 0.717) is 10.7 Å². The van der Waals surface area contributed by atoms with Gasteiger partial charge in [0.15, 0.2) is 9.84 Å². The molecule has 122 valence electrons. The summed E-state index contributed by atoms with van der Waals surface area (Å²) in [5.41, 5.74) is 3.13. The monoisotopic (exact) mass is 351 g/mol. The minimum absolute atomic E-state index is 0.144. The molecule has 2 aromatic carbocycles. The molecule has 0 saturated carbocycles. The highest BCUT2D eigenvalue weighted by atomic mass is 35.5. The van der Waals surface area contributed by atoms with Gasteiger partial charge in [-0.1, -0.05) is 35.4 Å². The number of anilines is 1. The first-order valence-electron chi connectivity index (χ1n) is 7.07. The highest BCUT2D eigenvalue weighted by molar-refractivity contribution is 7.91. The SMILES string of the molecule is Cc1ccc(C)c(CS(=O)(=O)CC(=O)Nc2ccc(Cl)cc2)c1. The van der Waals surface area contributed by atoms with Gasteiger partial charge in [0.05, 0.1) is 5.75 Å². The molecule has 4 nitrogen and oxygen atoms in total. The number of hydrogen-bond donors (Lipinski definition) is 1. The minimum atomic E-state index is -3.54. The van der Waals surface area contributed by atoms with Crippen LogP contribution in [0, 0.1) is 13.8 Å². The molecule has 0 saturated heterocycles. The lowest BCUT2D eigenvalue weighted by Crippen LogP contribution is -2.24. The Morgan fingerprint density at radius 1 is 1.09 bits per heavy atom. The number of nitrogens with one attached hydrogen (secondary N) is 1. The maximum Gasteiger partial charge on any atom is 0.239 e. The van der Waals surface area contributed by atoms with Gasteiger partial charge in [-0.15, -0.1) is 0 Å². The van der Waals surface area contributed by atoms with Crippen molar-refractivity contribution in [2.45, 2.75) is 19.6 Å². The smallest absolute Gasteiger partial charge is 0.239 e. The van der Waals surface area contributed by atoms with Crippen LogP contribution in [-0.2, 0) is 20.4 Å².